The molecular weight excluding hydrogens is 218 g/mol. The highest BCUT2D eigenvalue weighted by Gasteiger charge is 2.14. The Hall–Kier alpha value is -1.62. The van der Waals surface area contributed by atoms with Gasteiger partial charge in [0.25, 0.3) is 5.91 Å². The van der Waals surface area contributed by atoms with Crippen LogP contribution in [0.25, 0.3) is 0 Å². The van der Waals surface area contributed by atoms with E-state index in [1.54, 1.807) is 6.07 Å². The normalized spacial score (nSPS) is 15.7. The summed E-state index contributed by atoms with van der Waals surface area (Å²) in [6, 6.07) is 5.52. The first kappa shape index (κ1) is 11.9. The molecule has 2 heterocycles. The zero-order valence-electron chi connectivity index (χ0n) is 9.98. The van der Waals surface area contributed by atoms with E-state index in [0.717, 1.165) is 18.9 Å². The van der Waals surface area contributed by atoms with Crippen LogP contribution in [0.15, 0.2) is 18.2 Å². The second-order valence-electron chi connectivity index (χ2n) is 3.84. The van der Waals surface area contributed by atoms with Gasteiger partial charge in [0.2, 0.25) is 0 Å². The van der Waals surface area contributed by atoms with E-state index >= 15 is 0 Å². The van der Waals surface area contributed by atoms with Crippen LogP contribution in [-0.4, -0.2) is 43.7 Å². The number of nitrogens with one attached hydrogen (secondary N) is 1. The molecule has 5 heteroatoms. The molecule has 5 nitrogen and oxygen atoms in total. The Morgan fingerprint density at radius 3 is 2.94 bits per heavy atom. The van der Waals surface area contributed by atoms with Gasteiger partial charge in [-0.15, -0.1) is 0 Å². The Morgan fingerprint density at radius 1 is 1.47 bits per heavy atom. The average molecular weight is 235 g/mol. The van der Waals surface area contributed by atoms with Crippen molar-refractivity contribution in [1.29, 1.82) is 0 Å². The molecule has 17 heavy (non-hydrogen) atoms. The van der Waals surface area contributed by atoms with Crippen LogP contribution in [-0.2, 0) is 4.74 Å². The minimum Gasteiger partial charge on any atom is -0.378 e. The number of morpholine rings is 1. The highest BCUT2D eigenvalue weighted by molar-refractivity contribution is 5.92. The van der Waals surface area contributed by atoms with Crippen LogP contribution < -0.4 is 10.2 Å². The summed E-state index contributed by atoms with van der Waals surface area (Å²) in [5.41, 5.74) is 0.468. The van der Waals surface area contributed by atoms with Crippen molar-refractivity contribution in [3.8, 4) is 0 Å². The highest BCUT2D eigenvalue weighted by Crippen LogP contribution is 2.13. The molecule has 0 aromatic carbocycles. The molecule has 1 amide bonds. The third-order valence-electron chi connectivity index (χ3n) is 2.64. The zero-order valence-corrected chi connectivity index (χ0v) is 9.98. The van der Waals surface area contributed by atoms with Gasteiger partial charge in [-0.2, -0.15) is 0 Å². The first-order valence-corrected chi connectivity index (χ1v) is 5.89. The SMILES string of the molecule is CCNC(=O)c1cccc(N2CCOCC2)n1. The van der Waals surface area contributed by atoms with Gasteiger partial charge < -0.3 is 15.0 Å². The smallest absolute Gasteiger partial charge is 0.269 e. The van der Waals surface area contributed by atoms with Crippen molar-refractivity contribution in [2.75, 3.05) is 37.7 Å². The number of amides is 1. The quantitative estimate of drug-likeness (QED) is 0.836. The number of carbonyl (C=O) groups excluding carboxylic acids is 1. The second-order valence-corrected chi connectivity index (χ2v) is 3.84. The molecule has 92 valence electrons. The van der Waals surface area contributed by atoms with Crippen LogP contribution in [0.4, 0.5) is 5.82 Å². The lowest BCUT2D eigenvalue weighted by Crippen LogP contribution is -2.37. The lowest BCUT2D eigenvalue weighted by atomic mass is 10.3. The summed E-state index contributed by atoms with van der Waals surface area (Å²) in [5.74, 6) is 0.722. The molecule has 0 radical (unpaired) electrons. The zero-order chi connectivity index (χ0) is 12.1. The van der Waals surface area contributed by atoms with E-state index in [2.05, 4.69) is 15.2 Å². The summed E-state index contributed by atoms with van der Waals surface area (Å²) in [7, 11) is 0. The standard InChI is InChI=1S/C12H17N3O2/c1-2-13-12(16)10-4-3-5-11(14-10)15-6-8-17-9-7-15/h3-5H,2,6-9H2,1H3,(H,13,16). The molecule has 1 saturated heterocycles. The molecule has 1 aromatic heterocycles. The molecule has 0 bridgehead atoms. The van der Waals surface area contributed by atoms with Gasteiger partial charge in [0, 0.05) is 19.6 Å². The summed E-state index contributed by atoms with van der Waals surface area (Å²) in [6.07, 6.45) is 0. The van der Waals surface area contributed by atoms with E-state index in [1.165, 1.54) is 0 Å². The summed E-state index contributed by atoms with van der Waals surface area (Å²) in [6.45, 7) is 5.59. The van der Waals surface area contributed by atoms with Crippen LogP contribution in [0.1, 0.15) is 17.4 Å². The third kappa shape index (κ3) is 2.94. The number of carbonyl (C=O) groups is 1. The van der Waals surface area contributed by atoms with E-state index < -0.39 is 0 Å². The Balaban J connectivity index is 2.12. The number of aromatic nitrogens is 1. The topological polar surface area (TPSA) is 54.5 Å². The molecule has 0 spiro atoms. The molecule has 0 unspecified atom stereocenters. The van der Waals surface area contributed by atoms with Crippen molar-refractivity contribution in [3.63, 3.8) is 0 Å². The van der Waals surface area contributed by atoms with Crippen molar-refractivity contribution in [2.24, 2.45) is 0 Å². The number of rotatable bonds is 3. The summed E-state index contributed by atoms with van der Waals surface area (Å²) >= 11 is 0. The molecule has 1 aliphatic rings. The van der Waals surface area contributed by atoms with Gasteiger partial charge in [0.1, 0.15) is 11.5 Å². The number of pyridine rings is 1. The number of hydrogen-bond acceptors (Lipinski definition) is 4. The Bertz CT molecular complexity index is 389. The van der Waals surface area contributed by atoms with Crippen LogP contribution in [0.3, 0.4) is 0 Å². The van der Waals surface area contributed by atoms with Gasteiger partial charge in [-0.05, 0) is 19.1 Å². The predicted molar refractivity (Wildman–Crippen MR) is 65.3 cm³/mol. The fourth-order valence-corrected chi connectivity index (χ4v) is 1.77. The molecular formula is C12H17N3O2. The first-order chi connectivity index (χ1) is 8.31. The summed E-state index contributed by atoms with van der Waals surface area (Å²) < 4.78 is 5.29. The maximum atomic E-state index is 11.7. The highest BCUT2D eigenvalue weighted by atomic mass is 16.5. The monoisotopic (exact) mass is 235 g/mol. The number of anilines is 1. The number of nitrogens with zero attached hydrogens (tertiary/aromatic N) is 2. The molecule has 1 aliphatic heterocycles. The van der Waals surface area contributed by atoms with Crippen LogP contribution >= 0.6 is 0 Å². The average Bonchev–Trinajstić information content (AvgIpc) is 2.40. The maximum Gasteiger partial charge on any atom is 0.269 e. The van der Waals surface area contributed by atoms with E-state index in [9.17, 15) is 4.79 Å². The molecule has 1 N–H and O–H groups in total. The molecule has 0 saturated carbocycles. The Morgan fingerprint density at radius 2 is 2.24 bits per heavy atom. The number of ether oxygens (including phenoxy) is 1. The first-order valence-electron chi connectivity index (χ1n) is 5.89. The second kappa shape index (κ2) is 5.63. The van der Waals surface area contributed by atoms with Gasteiger partial charge in [0.15, 0.2) is 0 Å². The molecule has 0 aliphatic carbocycles. The minimum absolute atomic E-state index is 0.123. The fraction of sp³-hybridized carbons (Fsp3) is 0.500. The van der Waals surface area contributed by atoms with Crippen molar-refractivity contribution < 1.29 is 9.53 Å². The largest absolute Gasteiger partial charge is 0.378 e. The van der Waals surface area contributed by atoms with Crippen molar-refractivity contribution in [2.45, 2.75) is 6.92 Å². The van der Waals surface area contributed by atoms with Crippen molar-refractivity contribution in [1.82, 2.24) is 10.3 Å². The summed E-state index contributed by atoms with van der Waals surface area (Å²) in [5, 5.41) is 2.75. The Labute approximate surface area is 101 Å². The molecule has 0 atom stereocenters. The van der Waals surface area contributed by atoms with Crippen molar-refractivity contribution >= 4 is 11.7 Å². The van der Waals surface area contributed by atoms with Gasteiger partial charge in [-0.3, -0.25) is 4.79 Å². The Kier molecular flexibility index (Phi) is 3.93. The van der Waals surface area contributed by atoms with E-state index in [-0.39, 0.29) is 5.91 Å². The minimum atomic E-state index is -0.123. The van der Waals surface area contributed by atoms with Crippen LogP contribution in [0.5, 0.6) is 0 Å². The third-order valence-corrected chi connectivity index (χ3v) is 2.64. The molecule has 1 aromatic rings. The van der Waals surface area contributed by atoms with E-state index in [1.807, 2.05) is 19.1 Å². The fourth-order valence-electron chi connectivity index (χ4n) is 1.77. The van der Waals surface area contributed by atoms with Gasteiger partial charge >= 0.3 is 0 Å². The van der Waals surface area contributed by atoms with Gasteiger partial charge in [-0.25, -0.2) is 4.98 Å². The number of hydrogen-bond donors (Lipinski definition) is 1. The maximum absolute atomic E-state index is 11.7. The molecule has 1 fully saturated rings. The van der Waals surface area contributed by atoms with Crippen molar-refractivity contribution in [3.05, 3.63) is 23.9 Å². The summed E-state index contributed by atoms with van der Waals surface area (Å²) in [4.78, 5) is 18.2. The van der Waals surface area contributed by atoms with E-state index in [4.69, 9.17) is 4.74 Å². The lowest BCUT2D eigenvalue weighted by molar-refractivity contribution is 0.0951. The predicted octanol–water partition coefficient (Wildman–Crippen LogP) is 0.668. The van der Waals surface area contributed by atoms with Gasteiger partial charge in [0.05, 0.1) is 13.2 Å². The van der Waals surface area contributed by atoms with Crippen LogP contribution in [0, 0.1) is 0 Å². The lowest BCUT2D eigenvalue weighted by Gasteiger charge is -2.27. The van der Waals surface area contributed by atoms with Gasteiger partial charge in [-0.1, -0.05) is 6.07 Å². The van der Waals surface area contributed by atoms with E-state index in [0.29, 0.717) is 25.5 Å². The van der Waals surface area contributed by atoms with Crippen LogP contribution in [0.2, 0.25) is 0 Å². The molecule has 2 rings (SSSR count).